The van der Waals surface area contributed by atoms with E-state index in [0.29, 0.717) is 5.57 Å². The summed E-state index contributed by atoms with van der Waals surface area (Å²) in [6, 6.07) is 23.3. The van der Waals surface area contributed by atoms with E-state index < -0.39 is 19.4 Å². The number of hydrogen-bond acceptors (Lipinski definition) is 5. The van der Waals surface area contributed by atoms with Crippen LogP contribution in [0.3, 0.4) is 0 Å². The molecular weight excluding hydrogens is 462 g/mol. The minimum absolute atomic E-state index is 0.0424. The molecule has 2 aromatic carbocycles. The summed E-state index contributed by atoms with van der Waals surface area (Å²) in [6.07, 6.45) is 1.86. The lowest BCUT2D eigenvalue weighted by Gasteiger charge is -2.29. The second-order valence-electron chi connectivity index (χ2n) is 8.02. The van der Waals surface area contributed by atoms with Crippen molar-refractivity contribution < 1.29 is 8.78 Å². The molecule has 2 atom stereocenters. The van der Waals surface area contributed by atoms with Crippen LogP contribution >= 0.6 is 11.9 Å². The molecule has 2 unspecified atom stereocenters. The van der Waals surface area contributed by atoms with Gasteiger partial charge in [0.05, 0.1) is 30.1 Å². The first-order valence-electron chi connectivity index (χ1n) is 11.3. The molecule has 0 fully saturated rings. The van der Waals surface area contributed by atoms with E-state index in [2.05, 4.69) is 27.3 Å². The number of aromatic nitrogens is 1. The average Bonchev–Trinajstić information content (AvgIpc) is 2.91. The smallest absolute Gasteiger partial charge is 0.106 e. The van der Waals surface area contributed by atoms with E-state index in [4.69, 9.17) is 0 Å². The summed E-state index contributed by atoms with van der Waals surface area (Å²) in [7, 11) is 1.96. The molecule has 184 valence electrons. The zero-order valence-electron chi connectivity index (χ0n) is 20.4. The molecule has 7 heteroatoms. The molecule has 3 aromatic rings. The number of allylic oxidation sites excluding steroid dienone is 1. The zero-order valence-corrected chi connectivity index (χ0v) is 21.2. The molecule has 0 saturated carbocycles. The SMILES string of the molecule is C=C(C#N)c1ccc(C)cc1N(C)C(C)c1ccc(SNC(CF)CCF)cn1.c1ccccc1. The molecule has 4 nitrogen and oxygen atoms in total. The van der Waals surface area contributed by atoms with Gasteiger partial charge in [0.25, 0.3) is 0 Å². The van der Waals surface area contributed by atoms with Crippen LogP contribution < -0.4 is 9.62 Å². The van der Waals surface area contributed by atoms with E-state index in [1.807, 2.05) is 87.6 Å². The van der Waals surface area contributed by atoms with Crippen LogP contribution in [0.25, 0.3) is 5.57 Å². The van der Waals surface area contributed by atoms with Gasteiger partial charge in [-0.2, -0.15) is 5.26 Å². The van der Waals surface area contributed by atoms with Crippen LogP contribution in [-0.2, 0) is 0 Å². The molecule has 0 radical (unpaired) electrons. The van der Waals surface area contributed by atoms with Crippen molar-refractivity contribution in [3.05, 3.63) is 96.3 Å². The zero-order chi connectivity index (χ0) is 25.6. The Balaban J connectivity index is 0.000000625. The number of benzene rings is 2. The number of hydrogen-bond donors (Lipinski definition) is 1. The molecule has 1 heterocycles. The summed E-state index contributed by atoms with van der Waals surface area (Å²) in [4.78, 5) is 7.43. The van der Waals surface area contributed by atoms with Crippen LogP contribution in [0, 0.1) is 18.3 Å². The average molecular weight is 495 g/mol. The van der Waals surface area contributed by atoms with Crippen molar-refractivity contribution in [2.24, 2.45) is 0 Å². The molecule has 0 spiro atoms. The number of halogens is 2. The van der Waals surface area contributed by atoms with Crippen molar-refractivity contribution in [2.75, 3.05) is 25.3 Å². The fraction of sp³-hybridized carbons (Fsp3) is 0.286. The van der Waals surface area contributed by atoms with Gasteiger partial charge in [0.2, 0.25) is 0 Å². The van der Waals surface area contributed by atoms with Crippen molar-refractivity contribution in [1.82, 2.24) is 9.71 Å². The Kier molecular flexibility index (Phi) is 12.0. The first-order chi connectivity index (χ1) is 16.9. The Morgan fingerprint density at radius 3 is 2.31 bits per heavy atom. The molecule has 0 aliphatic heterocycles. The normalized spacial score (nSPS) is 12.0. The van der Waals surface area contributed by atoms with Gasteiger partial charge in [0.15, 0.2) is 0 Å². The van der Waals surface area contributed by atoms with Crippen LogP contribution in [-0.4, -0.2) is 31.4 Å². The van der Waals surface area contributed by atoms with Gasteiger partial charge in [-0.3, -0.25) is 14.1 Å². The van der Waals surface area contributed by atoms with Crippen LogP contribution in [0.4, 0.5) is 14.5 Å². The summed E-state index contributed by atoms with van der Waals surface area (Å²) < 4.78 is 28.1. The predicted molar refractivity (Wildman–Crippen MR) is 143 cm³/mol. The summed E-state index contributed by atoms with van der Waals surface area (Å²) >= 11 is 1.25. The lowest BCUT2D eigenvalue weighted by molar-refractivity contribution is 0.359. The molecular formula is C28H32F2N4S. The Hall–Kier alpha value is -3.21. The number of anilines is 1. The standard InChI is InChI=1S/C22H26F2N4S.C6H6/c1-15-5-7-20(16(2)13-25)22(11-15)28(4)17(3)21-8-6-19(14-26-21)29-27-18(12-24)9-10-23;1-2-4-6-5-3-1/h5-8,11,14,17-18,27H,2,9-10,12H2,1,3-4H3;1-6H. The molecule has 3 rings (SSSR count). The van der Waals surface area contributed by atoms with Crippen molar-refractivity contribution in [1.29, 1.82) is 5.26 Å². The number of nitrogens with one attached hydrogen (secondary N) is 1. The molecule has 1 aromatic heterocycles. The van der Waals surface area contributed by atoms with Gasteiger partial charge in [-0.15, -0.1) is 0 Å². The van der Waals surface area contributed by atoms with Gasteiger partial charge in [0, 0.05) is 35.4 Å². The molecule has 0 amide bonds. The van der Waals surface area contributed by atoms with Crippen LogP contribution in [0.1, 0.15) is 36.2 Å². The number of pyridine rings is 1. The summed E-state index contributed by atoms with van der Waals surface area (Å²) in [5.74, 6) is 0. The highest BCUT2D eigenvalue weighted by Crippen LogP contribution is 2.32. The van der Waals surface area contributed by atoms with Crippen molar-refractivity contribution in [3.8, 4) is 6.07 Å². The Labute approximate surface area is 211 Å². The molecule has 0 saturated heterocycles. The monoisotopic (exact) mass is 494 g/mol. The summed E-state index contributed by atoms with van der Waals surface area (Å²) in [6.45, 7) is 6.73. The molecule has 35 heavy (non-hydrogen) atoms. The van der Waals surface area contributed by atoms with Gasteiger partial charge >= 0.3 is 0 Å². The third-order valence-electron chi connectivity index (χ3n) is 5.42. The largest absolute Gasteiger partial charge is 0.366 e. The highest BCUT2D eigenvalue weighted by Gasteiger charge is 2.18. The molecule has 0 aliphatic rings. The summed E-state index contributed by atoms with van der Waals surface area (Å²) in [5, 5.41) is 9.26. The minimum atomic E-state index is -0.614. The highest BCUT2D eigenvalue weighted by molar-refractivity contribution is 7.97. The maximum Gasteiger partial charge on any atom is 0.106 e. The Bertz CT molecular complexity index is 1060. The third kappa shape index (κ3) is 8.82. The van der Waals surface area contributed by atoms with Crippen molar-refractivity contribution in [3.63, 3.8) is 0 Å². The lowest BCUT2D eigenvalue weighted by atomic mass is 10.0. The van der Waals surface area contributed by atoms with E-state index in [1.165, 1.54) is 11.9 Å². The van der Waals surface area contributed by atoms with Gasteiger partial charge in [-0.1, -0.05) is 55.1 Å². The van der Waals surface area contributed by atoms with E-state index in [0.717, 1.165) is 27.4 Å². The number of nitriles is 1. The van der Waals surface area contributed by atoms with Gasteiger partial charge in [-0.25, -0.2) is 4.39 Å². The quantitative estimate of drug-likeness (QED) is 0.241. The number of aryl methyl sites for hydroxylation is 1. The Morgan fingerprint density at radius 1 is 1.14 bits per heavy atom. The first-order valence-corrected chi connectivity index (χ1v) is 12.2. The minimum Gasteiger partial charge on any atom is -0.366 e. The van der Waals surface area contributed by atoms with Crippen LogP contribution in [0.15, 0.2) is 84.4 Å². The van der Waals surface area contributed by atoms with Crippen LogP contribution in [0.2, 0.25) is 0 Å². The van der Waals surface area contributed by atoms with Gasteiger partial charge in [-0.05, 0) is 56.0 Å². The van der Waals surface area contributed by atoms with Gasteiger partial charge in [0.1, 0.15) is 6.67 Å². The molecule has 1 N–H and O–H groups in total. The second-order valence-corrected chi connectivity index (χ2v) is 8.93. The first kappa shape index (κ1) is 28.0. The fourth-order valence-electron chi connectivity index (χ4n) is 3.19. The number of rotatable bonds is 10. The fourth-order valence-corrected chi connectivity index (χ4v) is 3.92. The maximum absolute atomic E-state index is 12.8. The number of nitrogens with zero attached hydrogens (tertiary/aromatic N) is 3. The maximum atomic E-state index is 12.8. The predicted octanol–water partition coefficient (Wildman–Crippen LogP) is 7.11. The van der Waals surface area contributed by atoms with Crippen molar-refractivity contribution >= 4 is 23.2 Å². The van der Waals surface area contributed by atoms with E-state index in [9.17, 15) is 14.0 Å². The van der Waals surface area contributed by atoms with E-state index >= 15 is 0 Å². The van der Waals surface area contributed by atoms with Gasteiger partial charge < -0.3 is 4.90 Å². The lowest BCUT2D eigenvalue weighted by Crippen LogP contribution is -2.26. The second kappa shape index (κ2) is 14.9. The third-order valence-corrected chi connectivity index (χ3v) is 6.34. The highest BCUT2D eigenvalue weighted by atomic mass is 32.2. The van der Waals surface area contributed by atoms with E-state index in [1.54, 1.807) is 6.20 Å². The topological polar surface area (TPSA) is 52.0 Å². The summed E-state index contributed by atoms with van der Waals surface area (Å²) in [5.41, 5.74) is 4.09. The Morgan fingerprint density at radius 2 is 1.80 bits per heavy atom. The molecule has 0 bridgehead atoms. The van der Waals surface area contributed by atoms with Crippen LogP contribution in [0.5, 0.6) is 0 Å². The number of alkyl halides is 2. The van der Waals surface area contributed by atoms with E-state index in [-0.39, 0.29) is 12.5 Å². The molecule has 0 aliphatic carbocycles. The van der Waals surface area contributed by atoms with Crippen molar-refractivity contribution in [2.45, 2.75) is 37.2 Å².